The SMILES string of the molecule is CC[C@]1(C)C[C@]1(F)CO.CN(C)C(=O)[C@]1(C)C[C@]1(F)CO[Si](c1ccccc1)(c1ccccc1)C(C)(C)C.O=C=O. The number of aliphatic hydroxyl groups excluding tert-OH is 1. The molecule has 0 aliphatic heterocycles. The molecule has 9 heteroatoms. The van der Waals surface area contributed by atoms with Crippen molar-refractivity contribution in [2.45, 2.75) is 77.2 Å². The molecule has 2 saturated carbocycles. The number of hydrogen-bond donors (Lipinski definition) is 1. The predicted molar refractivity (Wildman–Crippen MR) is 158 cm³/mol. The van der Waals surface area contributed by atoms with Crippen molar-refractivity contribution >= 4 is 30.7 Å². The highest BCUT2D eigenvalue weighted by atomic mass is 28.4. The van der Waals surface area contributed by atoms with Crippen molar-refractivity contribution in [2.24, 2.45) is 10.8 Å². The lowest BCUT2D eigenvalue weighted by atomic mass is 10.0. The molecule has 0 aromatic heterocycles. The Kier molecular flexibility index (Phi) is 10.6. The minimum absolute atomic E-state index is 0.0731. The number of carbonyl (C=O) groups is 1. The number of rotatable bonds is 8. The van der Waals surface area contributed by atoms with Crippen molar-refractivity contribution < 1.29 is 32.7 Å². The first-order valence-electron chi connectivity index (χ1n) is 13.9. The van der Waals surface area contributed by atoms with Crippen LogP contribution in [0.15, 0.2) is 60.7 Å². The Bertz CT molecular complexity index is 1150. The summed E-state index contributed by atoms with van der Waals surface area (Å²) in [5.74, 6) is -0.175. The zero-order valence-corrected chi connectivity index (χ0v) is 26.6. The van der Waals surface area contributed by atoms with Gasteiger partial charge in [-0.1, -0.05) is 95.3 Å². The molecule has 1 amide bonds. The second-order valence-electron chi connectivity index (χ2n) is 12.9. The Morgan fingerprint density at radius 2 is 1.39 bits per heavy atom. The van der Waals surface area contributed by atoms with Gasteiger partial charge >= 0.3 is 6.15 Å². The van der Waals surface area contributed by atoms with E-state index in [1.807, 2.05) is 50.2 Å². The molecule has 2 aliphatic rings. The lowest BCUT2D eigenvalue weighted by Gasteiger charge is -2.43. The van der Waals surface area contributed by atoms with E-state index >= 15 is 4.39 Å². The van der Waals surface area contributed by atoms with Gasteiger partial charge in [0, 0.05) is 25.9 Å². The topological polar surface area (TPSA) is 83.9 Å². The van der Waals surface area contributed by atoms with Gasteiger partial charge < -0.3 is 14.4 Å². The van der Waals surface area contributed by atoms with Crippen LogP contribution in [0.1, 0.15) is 60.8 Å². The minimum atomic E-state index is -2.81. The van der Waals surface area contributed by atoms with E-state index in [0.717, 1.165) is 16.8 Å². The summed E-state index contributed by atoms with van der Waals surface area (Å²) >= 11 is 0. The fourth-order valence-electron chi connectivity index (χ4n) is 5.73. The zero-order valence-electron chi connectivity index (χ0n) is 25.6. The van der Waals surface area contributed by atoms with Crippen molar-refractivity contribution in [1.82, 2.24) is 4.90 Å². The van der Waals surface area contributed by atoms with Crippen LogP contribution >= 0.6 is 0 Å². The van der Waals surface area contributed by atoms with Gasteiger partial charge in [-0.2, -0.15) is 9.59 Å². The second-order valence-corrected chi connectivity index (χ2v) is 17.2. The number of benzene rings is 2. The van der Waals surface area contributed by atoms with Gasteiger partial charge in [0.05, 0.1) is 18.6 Å². The van der Waals surface area contributed by atoms with Gasteiger partial charge in [-0.3, -0.25) is 4.79 Å². The normalized spacial score (nSPS) is 28.2. The molecule has 0 heterocycles. The van der Waals surface area contributed by atoms with Crippen LogP contribution in [-0.2, 0) is 18.8 Å². The van der Waals surface area contributed by atoms with Crippen LogP contribution in [0.4, 0.5) is 8.78 Å². The molecule has 41 heavy (non-hydrogen) atoms. The van der Waals surface area contributed by atoms with E-state index in [9.17, 15) is 9.18 Å². The highest BCUT2D eigenvalue weighted by Crippen LogP contribution is 2.61. The number of halogens is 2. The summed E-state index contributed by atoms with van der Waals surface area (Å²) in [5, 5.41) is 10.6. The molecule has 2 aliphatic carbocycles. The average Bonchev–Trinajstić information content (AvgIpc) is 3.72. The third-order valence-corrected chi connectivity index (χ3v) is 14.0. The lowest BCUT2D eigenvalue weighted by Crippen LogP contribution is -2.67. The third-order valence-electron chi connectivity index (χ3n) is 8.97. The summed E-state index contributed by atoms with van der Waals surface area (Å²) in [6, 6.07) is 20.4. The molecular formula is C32H45F2NO5Si. The number of aliphatic hydroxyl groups is 1. The summed E-state index contributed by atoms with van der Waals surface area (Å²) in [6.45, 7) is 11.7. The Balaban J connectivity index is 0.000000408. The summed E-state index contributed by atoms with van der Waals surface area (Å²) < 4.78 is 35.5. The van der Waals surface area contributed by atoms with Gasteiger partial charge in [0.2, 0.25) is 5.91 Å². The Morgan fingerprint density at radius 1 is 0.951 bits per heavy atom. The van der Waals surface area contributed by atoms with Crippen LogP contribution in [0.5, 0.6) is 0 Å². The molecule has 0 radical (unpaired) electrons. The van der Waals surface area contributed by atoms with Crippen LogP contribution in [0, 0.1) is 10.8 Å². The maximum atomic E-state index is 15.8. The minimum Gasteiger partial charge on any atom is -0.404 e. The molecule has 2 aromatic carbocycles. The first kappa shape index (κ1) is 34.5. The van der Waals surface area contributed by atoms with E-state index in [1.54, 1.807) is 21.0 Å². The van der Waals surface area contributed by atoms with Crippen molar-refractivity contribution in [1.29, 1.82) is 0 Å². The van der Waals surface area contributed by atoms with Crippen molar-refractivity contribution in [3.05, 3.63) is 60.7 Å². The lowest BCUT2D eigenvalue weighted by molar-refractivity contribution is -0.191. The van der Waals surface area contributed by atoms with Gasteiger partial charge in [-0.15, -0.1) is 0 Å². The largest absolute Gasteiger partial charge is 0.404 e. The maximum Gasteiger partial charge on any atom is 0.373 e. The Hall–Kier alpha value is -2.71. The van der Waals surface area contributed by atoms with Gasteiger partial charge in [0.1, 0.15) is 11.3 Å². The van der Waals surface area contributed by atoms with Gasteiger partial charge in [0.25, 0.3) is 8.32 Å². The molecule has 4 atom stereocenters. The quantitative estimate of drug-likeness (QED) is 0.452. The van der Waals surface area contributed by atoms with Crippen molar-refractivity contribution in [3.8, 4) is 0 Å². The van der Waals surface area contributed by atoms with E-state index in [4.69, 9.17) is 19.1 Å². The molecule has 0 saturated heterocycles. The third kappa shape index (κ3) is 6.69. The van der Waals surface area contributed by atoms with E-state index < -0.39 is 25.1 Å². The summed E-state index contributed by atoms with van der Waals surface area (Å²) in [4.78, 5) is 30.3. The van der Waals surface area contributed by atoms with Crippen LogP contribution in [0.3, 0.4) is 0 Å². The summed E-state index contributed by atoms with van der Waals surface area (Å²) in [6.07, 6.45) is 1.81. The van der Waals surface area contributed by atoms with Crippen LogP contribution < -0.4 is 10.4 Å². The monoisotopic (exact) mass is 589 g/mol. The first-order valence-corrected chi connectivity index (χ1v) is 15.8. The Labute approximate surface area is 244 Å². The highest BCUT2D eigenvalue weighted by Gasteiger charge is 2.72. The fraction of sp³-hybridized carbons (Fsp3) is 0.562. The molecule has 0 spiro atoms. The summed E-state index contributed by atoms with van der Waals surface area (Å²) in [7, 11) is 0.543. The maximum absolute atomic E-state index is 15.8. The fourth-order valence-corrected chi connectivity index (χ4v) is 10.3. The molecule has 2 fully saturated rings. The smallest absolute Gasteiger partial charge is 0.373 e. The first-order chi connectivity index (χ1) is 19.0. The van der Waals surface area contributed by atoms with Crippen LogP contribution in [0.25, 0.3) is 0 Å². The van der Waals surface area contributed by atoms with Crippen molar-refractivity contribution in [2.75, 3.05) is 27.3 Å². The zero-order chi connectivity index (χ0) is 31.3. The molecule has 1 N–H and O–H groups in total. The standard InChI is InChI=1S/C24H32FNO2Si.C7H13FO.CO2/c1-22(2,3)29(19-13-9-7-10-14-19,20-15-11-8-12-16-20)28-18-24(25)17-23(24,4)21(27)26(5)6;1-3-6(2)4-7(6,8)5-9;2-1-3/h7-16H,17-18H2,1-6H3;9H,3-5H2,1-2H3;/t23-,24-;6-,7+;/m01./s1. The van der Waals surface area contributed by atoms with E-state index in [-0.39, 0.29) is 42.1 Å². The average molecular weight is 590 g/mol. The van der Waals surface area contributed by atoms with E-state index in [2.05, 4.69) is 45.0 Å². The molecule has 0 bridgehead atoms. The van der Waals surface area contributed by atoms with Crippen molar-refractivity contribution in [3.63, 3.8) is 0 Å². The molecule has 4 rings (SSSR count). The number of alkyl halides is 2. The molecule has 2 aromatic rings. The summed E-state index contributed by atoms with van der Waals surface area (Å²) in [5.41, 5.74) is -4.12. The van der Waals surface area contributed by atoms with Gasteiger partial charge in [-0.05, 0) is 35.2 Å². The van der Waals surface area contributed by atoms with Crippen LogP contribution in [-0.4, -0.2) is 69.0 Å². The number of amides is 1. The van der Waals surface area contributed by atoms with E-state index in [1.165, 1.54) is 4.90 Å². The van der Waals surface area contributed by atoms with Gasteiger partial charge in [-0.25, -0.2) is 8.78 Å². The molecule has 226 valence electrons. The van der Waals surface area contributed by atoms with Crippen LogP contribution in [0.2, 0.25) is 5.04 Å². The Morgan fingerprint density at radius 3 is 1.68 bits per heavy atom. The second kappa shape index (κ2) is 12.7. The van der Waals surface area contributed by atoms with Gasteiger partial charge in [0.15, 0.2) is 0 Å². The number of carbonyl (C=O) groups excluding carboxylic acids is 3. The van der Waals surface area contributed by atoms with E-state index in [0.29, 0.717) is 6.42 Å². The number of nitrogens with zero attached hydrogens (tertiary/aromatic N) is 1. The molecule has 0 unspecified atom stereocenters. The molecular weight excluding hydrogens is 544 g/mol. The predicted octanol–water partition coefficient (Wildman–Crippen LogP) is 4.69. The number of hydrogen-bond acceptors (Lipinski definition) is 5. The molecule has 6 nitrogen and oxygen atoms in total. The highest BCUT2D eigenvalue weighted by molar-refractivity contribution is 6.99.